The van der Waals surface area contributed by atoms with Gasteiger partial charge in [0.2, 0.25) is 0 Å². The van der Waals surface area contributed by atoms with Crippen molar-refractivity contribution in [2.45, 2.75) is 83.5 Å². The number of rotatable bonds is 10. The lowest BCUT2D eigenvalue weighted by Gasteiger charge is -2.33. The van der Waals surface area contributed by atoms with Gasteiger partial charge in [-0.05, 0) is 59.4 Å². The maximum Gasteiger partial charge on any atom is 0.0246 e. The summed E-state index contributed by atoms with van der Waals surface area (Å²) in [5, 5.41) is 0. The maximum absolute atomic E-state index is 5.79. The highest BCUT2D eigenvalue weighted by Gasteiger charge is 2.42. The molecule has 3 rings (SSSR count). The molecule has 0 heterocycles. The summed E-state index contributed by atoms with van der Waals surface area (Å²) >= 11 is 0. The fourth-order valence-corrected chi connectivity index (χ4v) is 5.05. The molecule has 0 atom stereocenters. The largest absolute Gasteiger partial charge is 0.115 e. The van der Waals surface area contributed by atoms with E-state index in [1.807, 2.05) is 0 Å². The van der Waals surface area contributed by atoms with Gasteiger partial charge >= 0.3 is 0 Å². The molecule has 0 aromatic heterocycles. The highest BCUT2D eigenvalue weighted by Crippen LogP contribution is 2.54. The van der Waals surface area contributed by atoms with Gasteiger partial charge in [0, 0.05) is 16.5 Å². The molecule has 0 heteroatoms. The molecule has 29 heavy (non-hydrogen) atoms. The second kappa shape index (κ2) is 9.85. The number of benzene rings is 2. The average molecular weight is 383 g/mol. The summed E-state index contributed by atoms with van der Waals surface area (Å²) in [6, 6.07) is 13.2. The molecule has 0 amide bonds. The van der Waals surface area contributed by atoms with Crippen LogP contribution in [0.15, 0.2) is 36.4 Å². The third kappa shape index (κ3) is 4.28. The van der Waals surface area contributed by atoms with Crippen molar-refractivity contribution in [3.63, 3.8) is 0 Å². The first-order valence-electron chi connectivity index (χ1n) is 11.4. The van der Waals surface area contributed by atoms with Crippen molar-refractivity contribution in [3.8, 4) is 35.8 Å². The van der Waals surface area contributed by atoms with Crippen LogP contribution in [0.5, 0.6) is 0 Å². The summed E-state index contributed by atoms with van der Waals surface area (Å²) in [4.78, 5) is 0. The molecule has 0 nitrogen and oxygen atoms in total. The van der Waals surface area contributed by atoms with Crippen LogP contribution in [0.25, 0.3) is 11.1 Å². The summed E-state index contributed by atoms with van der Waals surface area (Å²) in [6.07, 6.45) is 24.2. The zero-order valence-corrected chi connectivity index (χ0v) is 18.2. The van der Waals surface area contributed by atoms with Crippen molar-refractivity contribution in [3.05, 3.63) is 58.7 Å². The molecule has 0 spiro atoms. The lowest BCUT2D eigenvalue weighted by atomic mass is 9.70. The Bertz CT molecular complexity index is 839. The van der Waals surface area contributed by atoms with Crippen LogP contribution in [0.4, 0.5) is 0 Å². The summed E-state index contributed by atoms with van der Waals surface area (Å²) in [5.41, 5.74) is 7.60. The first kappa shape index (κ1) is 21.3. The van der Waals surface area contributed by atoms with E-state index < -0.39 is 0 Å². The lowest BCUT2D eigenvalue weighted by Crippen LogP contribution is -2.25. The minimum atomic E-state index is 0.0475. The Morgan fingerprint density at radius 1 is 0.655 bits per heavy atom. The van der Waals surface area contributed by atoms with Crippen LogP contribution in [0.3, 0.4) is 0 Å². The zero-order valence-electron chi connectivity index (χ0n) is 18.2. The van der Waals surface area contributed by atoms with Gasteiger partial charge in [0.25, 0.3) is 0 Å². The molecule has 0 bridgehead atoms. The predicted octanol–water partition coefficient (Wildman–Crippen LogP) is 7.86. The van der Waals surface area contributed by atoms with E-state index in [9.17, 15) is 0 Å². The summed E-state index contributed by atoms with van der Waals surface area (Å²) in [6.45, 7) is 4.55. The van der Waals surface area contributed by atoms with Crippen molar-refractivity contribution >= 4 is 0 Å². The van der Waals surface area contributed by atoms with Crippen LogP contribution in [-0.2, 0) is 5.41 Å². The van der Waals surface area contributed by atoms with E-state index in [2.05, 4.69) is 62.1 Å². The Labute approximate surface area is 178 Å². The van der Waals surface area contributed by atoms with E-state index in [0.29, 0.717) is 0 Å². The van der Waals surface area contributed by atoms with Crippen LogP contribution < -0.4 is 0 Å². The number of hydrogen-bond acceptors (Lipinski definition) is 0. The number of unbranched alkanes of at least 4 members (excludes halogenated alkanes) is 6. The van der Waals surface area contributed by atoms with Crippen LogP contribution >= 0.6 is 0 Å². The molecule has 2 aromatic rings. The SMILES string of the molecule is C#Cc1ccc2c(c1)C(CCCCCC)(CCCCCC)c1cc(C#C)ccc1-2. The Morgan fingerprint density at radius 3 is 1.48 bits per heavy atom. The second-order valence-electron chi connectivity index (χ2n) is 8.51. The van der Waals surface area contributed by atoms with Crippen LogP contribution in [0.2, 0.25) is 0 Å². The summed E-state index contributed by atoms with van der Waals surface area (Å²) < 4.78 is 0. The molecule has 1 aliphatic rings. The fraction of sp³-hybridized carbons (Fsp3) is 0.448. The van der Waals surface area contributed by atoms with Crippen molar-refractivity contribution < 1.29 is 0 Å². The van der Waals surface area contributed by atoms with E-state index in [1.54, 1.807) is 0 Å². The van der Waals surface area contributed by atoms with Gasteiger partial charge in [-0.3, -0.25) is 0 Å². The first-order chi connectivity index (χ1) is 14.2. The topological polar surface area (TPSA) is 0 Å². The number of fused-ring (bicyclic) bond motifs is 3. The van der Waals surface area contributed by atoms with Gasteiger partial charge in [-0.1, -0.05) is 89.2 Å². The van der Waals surface area contributed by atoms with Gasteiger partial charge in [-0.25, -0.2) is 0 Å². The van der Waals surface area contributed by atoms with E-state index in [1.165, 1.54) is 86.5 Å². The van der Waals surface area contributed by atoms with Gasteiger partial charge in [-0.2, -0.15) is 0 Å². The van der Waals surface area contributed by atoms with Gasteiger partial charge in [0.1, 0.15) is 0 Å². The molecule has 1 aliphatic carbocycles. The molecule has 150 valence electrons. The first-order valence-corrected chi connectivity index (χ1v) is 11.4. The molecular weight excluding hydrogens is 348 g/mol. The molecule has 0 fully saturated rings. The number of hydrogen-bond donors (Lipinski definition) is 0. The van der Waals surface area contributed by atoms with Gasteiger partial charge in [0.15, 0.2) is 0 Å². The second-order valence-corrected chi connectivity index (χ2v) is 8.51. The minimum absolute atomic E-state index is 0.0475. The van der Waals surface area contributed by atoms with Crippen molar-refractivity contribution in [2.24, 2.45) is 0 Å². The third-order valence-corrected chi connectivity index (χ3v) is 6.61. The molecule has 0 unspecified atom stereocenters. The normalized spacial score (nSPS) is 13.4. The number of terminal acetylenes is 2. The van der Waals surface area contributed by atoms with Crippen LogP contribution in [0, 0.1) is 24.7 Å². The Kier molecular flexibility index (Phi) is 7.23. The Hall–Kier alpha value is -2.44. The molecular formula is C29H34. The van der Waals surface area contributed by atoms with E-state index in [-0.39, 0.29) is 5.41 Å². The highest BCUT2D eigenvalue weighted by atomic mass is 14.4. The summed E-state index contributed by atoms with van der Waals surface area (Å²) in [7, 11) is 0. The van der Waals surface area contributed by atoms with Crippen molar-refractivity contribution in [1.29, 1.82) is 0 Å². The van der Waals surface area contributed by atoms with Crippen LogP contribution in [0.1, 0.15) is 100 Å². The Balaban J connectivity index is 2.10. The molecule has 2 aromatic carbocycles. The minimum Gasteiger partial charge on any atom is -0.115 e. The van der Waals surface area contributed by atoms with E-state index in [0.717, 1.165) is 11.1 Å². The molecule has 0 radical (unpaired) electrons. The monoisotopic (exact) mass is 382 g/mol. The molecule has 0 saturated heterocycles. The lowest BCUT2D eigenvalue weighted by molar-refractivity contribution is 0.401. The Morgan fingerprint density at radius 2 is 1.10 bits per heavy atom. The van der Waals surface area contributed by atoms with Crippen molar-refractivity contribution in [2.75, 3.05) is 0 Å². The molecule has 0 aliphatic heterocycles. The maximum atomic E-state index is 5.79. The molecule has 0 N–H and O–H groups in total. The smallest absolute Gasteiger partial charge is 0.0246 e. The predicted molar refractivity (Wildman–Crippen MR) is 126 cm³/mol. The van der Waals surface area contributed by atoms with Gasteiger partial charge in [0.05, 0.1) is 0 Å². The van der Waals surface area contributed by atoms with Crippen LogP contribution in [-0.4, -0.2) is 0 Å². The third-order valence-electron chi connectivity index (χ3n) is 6.61. The van der Waals surface area contributed by atoms with E-state index in [4.69, 9.17) is 12.8 Å². The van der Waals surface area contributed by atoms with Gasteiger partial charge in [-0.15, -0.1) is 12.8 Å². The molecule has 0 saturated carbocycles. The highest BCUT2D eigenvalue weighted by molar-refractivity contribution is 5.82. The van der Waals surface area contributed by atoms with Crippen molar-refractivity contribution in [1.82, 2.24) is 0 Å². The standard InChI is InChI=1S/C29H34/c1-5-9-11-13-19-29(20-14-12-10-6-2)27-21-23(7-3)15-17-25(27)26-18-16-24(8-4)22-28(26)29/h3-4,15-18,21-22H,5-6,9-14,19-20H2,1-2H3. The van der Waals surface area contributed by atoms with E-state index >= 15 is 0 Å². The average Bonchev–Trinajstić information content (AvgIpc) is 3.03. The zero-order chi connectivity index (χ0) is 20.7. The quantitative estimate of drug-likeness (QED) is 0.290. The van der Waals surface area contributed by atoms with Gasteiger partial charge < -0.3 is 0 Å². The summed E-state index contributed by atoms with van der Waals surface area (Å²) in [5.74, 6) is 5.73. The fourth-order valence-electron chi connectivity index (χ4n) is 5.05.